The molecule has 1 heterocycles. The second kappa shape index (κ2) is 10.0. The molecule has 0 aromatic carbocycles. The van der Waals surface area contributed by atoms with Crippen molar-refractivity contribution >= 4 is 27.3 Å². The van der Waals surface area contributed by atoms with Crippen LogP contribution in [0.15, 0.2) is 12.1 Å². The van der Waals surface area contributed by atoms with E-state index in [1.165, 1.54) is 67.5 Å². The smallest absolute Gasteiger partial charge is 0.0489 e. The highest BCUT2D eigenvalue weighted by atomic mass is 79.9. The van der Waals surface area contributed by atoms with Gasteiger partial charge in [0.1, 0.15) is 0 Å². The van der Waals surface area contributed by atoms with Gasteiger partial charge in [-0.2, -0.15) is 0 Å². The lowest BCUT2D eigenvalue weighted by Crippen LogP contribution is -1.87. The largest absolute Gasteiger partial charge is 0.144 e. The predicted molar refractivity (Wildman–Crippen MR) is 88.0 cm³/mol. The van der Waals surface area contributed by atoms with Crippen LogP contribution < -0.4 is 0 Å². The monoisotopic (exact) mass is 330 g/mol. The molecule has 1 unspecified atom stereocenters. The number of halogens is 1. The van der Waals surface area contributed by atoms with Gasteiger partial charge in [0.25, 0.3) is 0 Å². The Morgan fingerprint density at radius 1 is 1.00 bits per heavy atom. The lowest BCUT2D eigenvalue weighted by Gasteiger charge is -2.07. The van der Waals surface area contributed by atoms with Crippen LogP contribution in [0.3, 0.4) is 0 Å². The van der Waals surface area contributed by atoms with Gasteiger partial charge in [0.05, 0.1) is 0 Å². The van der Waals surface area contributed by atoms with Crippen molar-refractivity contribution in [3.63, 3.8) is 0 Å². The predicted octanol–water partition coefficient (Wildman–Crippen LogP) is 6.89. The number of alkyl halides is 1. The van der Waals surface area contributed by atoms with Gasteiger partial charge in [0.2, 0.25) is 0 Å². The molecular weight excluding hydrogens is 304 g/mol. The Labute approximate surface area is 125 Å². The van der Waals surface area contributed by atoms with E-state index in [0.29, 0.717) is 4.83 Å². The molecule has 104 valence electrons. The summed E-state index contributed by atoms with van der Waals surface area (Å²) in [5, 5.41) is 0. The molecule has 0 N–H and O–H groups in total. The first-order valence-corrected chi connectivity index (χ1v) is 9.23. The molecule has 0 spiro atoms. The maximum absolute atomic E-state index is 3.83. The molecule has 18 heavy (non-hydrogen) atoms. The molecule has 0 fully saturated rings. The van der Waals surface area contributed by atoms with Crippen LogP contribution in [-0.2, 0) is 6.42 Å². The lowest BCUT2D eigenvalue weighted by molar-refractivity contribution is 0.575. The van der Waals surface area contributed by atoms with Crippen molar-refractivity contribution in [3.05, 3.63) is 21.9 Å². The topological polar surface area (TPSA) is 0 Å². The average Bonchev–Trinajstić information content (AvgIpc) is 2.86. The van der Waals surface area contributed by atoms with Crippen molar-refractivity contribution in [2.45, 2.75) is 76.5 Å². The van der Waals surface area contributed by atoms with Gasteiger partial charge in [-0.1, -0.05) is 74.7 Å². The molecule has 0 saturated carbocycles. The van der Waals surface area contributed by atoms with E-state index in [1.54, 1.807) is 0 Å². The summed E-state index contributed by atoms with van der Waals surface area (Å²) in [5.74, 6) is 0. The van der Waals surface area contributed by atoms with E-state index in [0.717, 1.165) is 0 Å². The Balaban J connectivity index is 2.08. The molecule has 0 bridgehead atoms. The fourth-order valence-electron chi connectivity index (χ4n) is 2.18. The first kappa shape index (κ1) is 16.2. The van der Waals surface area contributed by atoms with Crippen LogP contribution in [0.4, 0.5) is 0 Å². The number of aryl methyl sites for hydroxylation is 1. The Hall–Kier alpha value is 0.180. The fraction of sp³-hybridized carbons (Fsp3) is 0.750. The number of thiophene rings is 1. The van der Waals surface area contributed by atoms with Gasteiger partial charge in [-0.05, 0) is 25.0 Å². The molecular formula is C16H27BrS. The molecule has 0 amide bonds. The summed E-state index contributed by atoms with van der Waals surface area (Å²) in [7, 11) is 0. The minimum absolute atomic E-state index is 0.582. The van der Waals surface area contributed by atoms with Crippen LogP contribution in [-0.4, -0.2) is 0 Å². The van der Waals surface area contributed by atoms with Crippen LogP contribution in [0.5, 0.6) is 0 Å². The average molecular weight is 331 g/mol. The lowest BCUT2D eigenvalue weighted by atomic mass is 10.1. The molecule has 1 aromatic rings. The highest BCUT2D eigenvalue weighted by Crippen LogP contribution is 2.33. The van der Waals surface area contributed by atoms with E-state index >= 15 is 0 Å². The first-order valence-electron chi connectivity index (χ1n) is 7.50. The Kier molecular flexibility index (Phi) is 9.04. The number of rotatable bonds is 10. The highest BCUT2D eigenvalue weighted by Gasteiger charge is 2.09. The van der Waals surface area contributed by atoms with Gasteiger partial charge in [0.15, 0.2) is 0 Å². The van der Waals surface area contributed by atoms with Crippen molar-refractivity contribution in [2.75, 3.05) is 0 Å². The molecule has 0 nitrogen and oxygen atoms in total. The zero-order valence-electron chi connectivity index (χ0n) is 11.9. The van der Waals surface area contributed by atoms with Crippen LogP contribution in [0.1, 0.15) is 79.8 Å². The van der Waals surface area contributed by atoms with Gasteiger partial charge in [-0.15, -0.1) is 11.3 Å². The molecule has 0 aliphatic rings. The summed E-state index contributed by atoms with van der Waals surface area (Å²) in [6.45, 7) is 4.51. The molecule has 0 aliphatic carbocycles. The third-order valence-corrected chi connectivity index (χ3v) is 6.00. The van der Waals surface area contributed by atoms with Crippen molar-refractivity contribution < 1.29 is 0 Å². The summed E-state index contributed by atoms with van der Waals surface area (Å²) < 4.78 is 0. The van der Waals surface area contributed by atoms with E-state index < -0.39 is 0 Å². The van der Waals surface area contributed by atoms with E-state index in [-0.39, 0.29) is 0 Å². The van der Waals surface area contributed by atoms with E-state index in [1.807, 2.05) is 11.3 Å². The third kappa shape index (κ3) is 6.38. The quantitative estimate of drug-likeness (QED) is 0.323. The molecule has 1 rings (SSSR count). The minimum atomic E-state index is 0.582. The van der Waals surface area contributed by atoms with E-state index in [9.17, 15) is 0 Å². The Morgan fingerprint density at radius 3 is 2.28 bits per heavy atom. The van der Waals surface area contributed by atoms with Crippen molar-refractivity contribution in [2.24, 2.45) is 0 Å². The molecule has 2 heteroatoms. The zero-order valence-corrected chi connectivity index (χ0v) is 14.3. The maximum Gasteiger partial charge on any atom is 0.0489 e. The van der Waals surface area contributed by atoms with Gasteiger partial charge < -0.3 is 0 Å². The maximum atomic E-state index is 3.83. The van der Waals surface area contributed by atoms with Crippen LogP contribution in [0.2, 0.25) is 0 Å². The van der Waals surface area contributed by atoms with Crippen LogP contribution in [0.25, 0.3) is 0 Å². The second-order valence-corrected chi connectivity index (χ2v) is 7.34. The molecule has 0 aliphatic heterocycles. The van der Waals surface area contributed by atoms with Crippen LogP contribution >= 0.6 is 27.3 Å². The molecule has 1 atom stereocenters. The van der Waals surface area contributed by atoms with E-state index in [4.69, 9.17) is 0 Å². The fourth-order valence-corrected chi connectivity index (χ4v) is 3.90. The summed E-state index contributed by atoms with van der Waals surface area (Å²) >= 11 is 5.80. The summed E-state index contributed by atoms with van der Waals surface area (Å²) in [5.41, 5.74) is 0. The normalized spacial score (nSPS) is 12.8. The third-order valence-electron chi connectivity index (χ3n) is 3.40. The van der Waals surface area contributed by atoms with Crippen LogP contribution in [0, 0.1) is 0 Å². The summed E-state index contributed by atoms with van der Waals surface area (Å²) in [6, 6.07) is 4.57. The molecule has 0 saturated heterocycles. The SMILES string of the molecule is CCCCCCCCCC(Br)c1ccc(CC)s1. The van der Waals surface area contributed by atoms with Gasteiger partial charge in [0, 0.05) is 14.6 Å². The summed E-state index contributed by atoms with van der Waals surface area (Å²) in [4.78, 5) is 3.60. The highest BCUT2D eigenvalue weighted by molar-refractivity contribution is 9.09. The Bertz CT molecular complexity index is 306. The van der Waals surface area contributed by atoms with E-state index in [2.05, 4.69) is 41.9 Å². The van der Waals surface area contributed by atoms with Crippen molar-refractivity contribution in [3.8, 4) is 0 Å². The summed E-state index contributed by atoms with van der Waals surface area (Å²) in [6.07, 6.45) is 12.3. The zero-order chi connectivity index (χ0) is 13.2. The van der Waals surface area contributed by atoms with Gasteiger partial charge in [-0.25, -0.2) is 0 Å². The van der Waals surface area contributed by atoms with Gasteiger partial charge in [-0.3, -0.25) is 0 Å². The Morgan fingerprint density at radius 2 is 1.67 bits per heavy atom. The number of hydrogen-bond donors (Lipinski definition) is 0. The van der Waals surface area contributed by atoms with Crippen molar-refractivity contribution in [1.29, 1.82) is 0 Å². The number of hydrogen-bond acceptors (Lipinski definition) is 1. The van der Waals surface area contributed by atoms with Gasteiger partial charge >= 0.3 is 0 Å². The molecule has 0 radical (unpaired) electrons. The minimum Gasteiger partial charge on any atom is -0.144 e. The van der Waals surface area contributed by atoms with Crippen molar-refractivity contribution in [1.82, 2.24) is 0 Å². The first-order chi connectivity index (χ1) is 8.77. The number of unbranched alkanes of at least 4 members (excludes halogenated alkanes) is 6. The molecule has 1 aromatic heterocycles. The standard InChI is InChI=1S/C16H27BrS/c1-3-5-6-7-8-9-10-11-15(17)16-13-12-14(4-2)18-16/h12-13,15H,3-11H2,1-2H3. The second-order valence-electron chi connectivity index (χ2n) is 5.04.